The highest BCUT2D eigenvalue weighted by atomic mass is 32.1. The number of hydrogen-bond donors (Lipinski definition) is 2. The Labute approximate surface area is 167 Å². The van der Waals surface area contributed by atoms with Crippen LogP contribution in [0.1, 0.15) is 46.0 Å². The molecule has 0 saturated carbocycles. The molecule has 2 amide bonds. The fraction of sp³-hybridized carbons (Fsp3) is 0.550. The molecule has 1 aromatic rings. The maximum atomic E-state index is 11.9. The van der Waals surface area contributed by atoms with Crippen LogP contribution in [0, 0.1) is 0 Å². The molecule has 0 aromatic heterocycles. The van der Waals surface area contributed by atoms with E-state index in [2.05, 4.69) is 22.5 Å². The summed E-state index contributed by atoms with van der Waals surface area (Å²) in [6, 6.07) is 7.91. The first-order valence-corrected chi connectivity index (χ1v) is 10.2. The van der Waals surface area contributed by atoms with E-state index in [4.69, 9.17) is 12.2 Å². The van der Waals surface area contributed by atoms with Gasteiger partial charge in [-0.05, 0) is 30.8 Å². The van der Waals surface area contributed by atoms with Crippen LogP contribution in [-0.2, 0) is 9.59 Å². The molecule has 0 radical (unpaired) electrons. The number of carbonyl (C=O) groups excluding carboxylic acids is 2. The van der Waals surface area contributed by atoms with Crippen LogP contribution in [0.25, 0.3) is 0 Å². The molecule has 6 nitrogen and oxygen atoms in total. The van der Waals surface area contributed by atoms with Gasteiger partial charge in [0.1, 0.15) is 0 Å². The van der Waals surface area contributed by atoms with Gasteiger partial charge in [-0.3, -0.25) is 9.59 Å². The van der Waals surface area contributed by atoms with E-state index in [0.717, 1.165) is 56.8 Å². The largest absolute Gasteiger partial charge is 0.366 e. The van der Waals surface area contributed by atoms with Crippen molar-refractivity contribution in [3.8, 4) is 0 Å². The Bertz CT molecular complexity index is 657. The molecule has 2 rings (SSSR count). The maximum absolute atomic E-state index is 11.9. The van der Waals surface area contributed by atoms with E-state index in [1.807, 2.05) is 36.1 Å². The van der Waals surface area contributed by atoms with Crippen molar-refractivity contribution in [3.05, 3.63) is 24.3 Å². The van der Waals surface area contributed by atoms with E-state index < -0.39 is 0 Å². The van der Waals surface area contributed by atoms with Crippen LogP contribution in [0.4, 0.5) is 11.4 Å². The zero-order chi connectivity index (χ0) is 19.6. The normalized spacial score (nSPS) is 14.0. The predicted octanol–water partition coefficient (Wildman–Crippen LogP) is 3.14. The lowest BCUT2D eigenvalue weighted by molar-refractivity contribution is -0.131. The number of nitrogens with zero attached hydrogens (tertiary/aromatic N) is 2. The fourth-order valence-corrected chi connectivity index (χ4v) is 3.38. The monoisotopic (exact) mass is 390 g/mol. The van der Waals surface area contributed by atoms with Crippen molar-refractivity contribution in [2.24, 2.45) is 0 Å². The molecule has 1 aromatic carbocycles. The van der Waals surface area contributed by atoms with Crippen molar-refractivity contribution in [1.82, 2.24) is 10.2 Å². The second-order valence-corrected chi connectivity index (χ2v) is 7.11. The first kappa shape index (κ1) is 21.2. The van der Waals surface area contributed by atoms with Gasteiger partial charge in [-0.2, -0.15) is 0 Å². The van der Waals surface area contributed by atoms with Crippen molar-refractivity contribution < 1.29 is 9.59 Å². The first-order chi connectivity index (χ1) is 13.0. The summed E-state index contributed by atoms with van der Waals surface area (Å²) in [5.41, 5.74) is 1.90. The molecule has 0 unspecified atom stereocenters. The Morgan fingerprint density at radius 2 is 1.78 bits per heavy atom. The molecule has 1 aliphatic rings. The highest BCUT2D eigenvalue weighted by Gasteiger charge is 2.21. The van der Waals surface area contributed by atoms with E-state index >= 15 is 0 Å². The molecule has 1 fully saturated rings. The first-order valence-electron chi connectivity index (χ1n) is 9.77. The van der Waals surface area contributed by atoms with Gasteiger partial charge in [0.05, 0.1) is 11.4 Å². The molecule has 1 aliphatic heterocycles. The summed E-state index contributed by atoms with van der Waals surface area (Å²) in [4.78, 5) is 28.0. The number of thiocarbonyl (C=S) groups is 1. The van der Waals surface area contributed by atoms with E-state index in [0.29, 0.717) is 18.0 Å². The number of amides is 2. The number of benzene rings is 1. The average Bonchev–Trinajstić information content (AvgIpc) is 2.68. The van der Waals surface area contributed by atoms with Crippen LogP contribution >= 0.6 is 12.2 Å². The molecule has 2 N–H and O–H groups in total. The molecule has 1 saturated heterocycles. The fourth-order valence-electron chi connectivity index (χ4n) is 3.15. The lowest BCUT2D eigenvalue weighted by Crippen LogP contribution is -2.48. The molecule has 1 heterocycles. The third-order valence-corrected chi connectivity index (χ3v) is 4.89. The van der Waals surface area contributed by atoms with Gasteiger partial charge in [-0.15, -0.1) is 0 Å². The molecule has 0 spiro atoms. The third kappa shape index (κ3) is 6.50. The zero-order valence-corrected chi connectivity index (χ0v) is 17.1. The minimum atomic E-state index is -0.0508. The molecular weight excluding hydrogens is 360 g/mol. The summed E-state index contributed by atoms with van der Waals surface area (Å²) in [5, 5.41) is 6.23. The lowest BCUT2D eigenvalue weighted by atomic mass is 10.2. The minimum Gasteiger partial charge on any atom is -0.366 e. The standard InChI is InChI=1S/C20H30N4O2S/c1-3-5-6-11-18(25)22-20(27)21-16-9-7-8-10-17(16)23-12-14-24(15-13-23)19(26)4-2/h7-10H,3-6,11-15H2,1-2H3,(H2,21,22,25,27). The molecule has 148 valence electrons. The van der Waals surface area contributed by atoms with Crippen LogP contribution < -0.4 is 15.5 Å². The Hall–Kier alpha value is -2.15. The molecule has 0 aliphatic carbocycles. The van der Waals surface area contributed by atoms with Crippen molar-refractivity contribution in [2.75, 3.05) is 36.4 Å². The van der Waals surface area contributed by atoms with Crippen LogP contribution in [0.15, 0.2) is 24.3 Å². The number of rotatable bonds is 7. The highest BCUT2D eigenvalue weighted by molar-refractivity contribution is 7.80. The highest BCUT2D eigenvalue weighted by Crippen LogP contribution is 2.26. The summed E-state index contributed by atoms with van der Waals surface area (Å²) in [6.45, 7) is 7.00. The number of carbonyl (C=O) groups is 2. The Morgan fingerprint density at radius 3 is 2.44 bits per heavy atom. The molecule has 0 atom stereocenters. The van der Waals surface area contributed by atoms with Gasteiger partial charge >= 0.3 is 0 Å². The second kappa shape index (κ2) is 10.9. The van der Waals surface area contributed by atoms with E-state index in [9.17, 15) is 9.59 Å². The zero-order valence-electron chi connectivity index (χ0n) is 16.3. The summed E-state index contributed by atoms with van der Waals surface area (Å²) < 4.78 is 0. The van der Waals surface area contributed by atoms with Gasteiger partial charge in [0.15, 0.2) is 5.11 Å². The summed E-state index contributed by atoms with van der Waals surface area (Å²) in [6.07, 6.45) is 4.04. The molecule has 27 heavy (non-hydrogen) atoms. The number of para-hydroxylation sites is 2. The molecular formula is C20H30N4O2S. The predicted molar refractivity (Wildman–Crippen MR) is 114 cm³/mol. The van der Waals surface area contributed by atoms with Crippen LogP contribution in [0.3, 0.4) is 0 Å². The summed E-state index contributed by atoms with van der Waals surface area (Å²) in [7, 11) is 0. The van der Waals surface area contributed by atoms with E-state index in [-0.39, 0.29) is 11.8 Å². The van der Waals surface area contributed by atoms with Crippen LogP contribution in [-0.4, -0.2) is 48.0 Å². The minimum absolute atomic E-state index is 0.0508. The van der Waals surface area contributed by atoms with Gasteiger partial charge < -0.3 is 20.4 Å². The van der Waals surface area contributed by atoms with Crippen LogP contribution in [0.2, 0.25) is 0 Å². The Kier molecular flexibility index (Phi) is 8.51. The summed E-state index contributed by atoms with van der Waals surface area (Å²) >= 11 is 5.31. The van der Waals surface area contributed by atoms with Gasteiger partial charge in [0.25, 0.3) is 0 Å². The van der Waals surface area contributed by atoms with Crippen molar-refractivity contribution >= 4 is 40.5 Å². The molecule has 0 bridgehead atoms. The smallest absolute Gasteiger partial charge is 0.226 e. The molecule has 7 heteroatoms. The van der Waals surface area contributed by atoms with Crippen LogP contribution in [0.5, 0.6) is 0 Å². The average molecular weight is 391 g/mol. The van der Waals surface area contributed by atoms with Gasteiger partial charge in [0.2, 0.25) is 11.8 Å². The third-order valence-electron chi connectivity index (χ3n) is 4.69. The number of hydrogen-bond acceptors (Lipinski definition) is 4. The van der Waals surface area contributed by atoms with Crippen molar-refractivity contribution in [3.63, 3.8) is 0 Å². The van der Waals surface area contributed by atoms with Crippen molar-refractivity contribution in [1.29, 1.82) is 0 Å². The Balaban J connectivity index is 1.93. The number of nitrogens with one attached hydrogen (secondary N) is 2. The number of unbranched alkanes of at least 4 members (excludes halogenated alkanes) is 2. The number of piperazine rings is 1. The second-order valence-electron chi connectivity index (χ2n) is 6.70. The maximum Gasteiger partial charge on any atom is 0.226 e. The SMILES string of the molecule is CCCCCC(=O)NC(=S)Nc1ccccc1N1CCN(C(=O)CC)CC1. The van der Waals surface area contributed by atoms with Gasteiger partial charge in [0, 0.05) is 39.0 Å². The van der Waals surface area contributed by atoms with Gasteiger partial charge in [-0.25, -0.2) is 0 Å². The van der Waals surface area contributed by atoms with E-state index in [1.54, 1.807) is 0 Å². The Morgan fingerprint density at radius 1 is 1.07 bits per heavy atom. The summed E-state index contributed by atoms with van der Waals surface area (Å²) in [5.74, 6) is 0.151. The van der Waals surface area contributed by atoms with Crippen molar-refractivity contribution in [2.45, 2.75) is 46.0 Å². The quantitative estimate of drug-likeness (QED) is 0.553. The topological polar surface area (TPSA) is 64.7 Å². The number of anilines is 2. The lowest BCUT2D eigenvalue weighted by Gasteiger charge is -2.37. The van der Waals surface area contributed by atoms with E-state index in [1.165, 1.54) is 0 Å². The van der Waals surface area contributed by atoms with Gasteiger partial charge in [-0.1, -0.05) is 38.8 Å².